The maximum Gasteiger partial charge on any atom is 0.232 e. The third-order valence-electron chi connectivity index (χ3n) is 5.76. The first-order valence-electron chi connectivity index (χ1n) is 10.4. The third kappa shape index (κ3) is 3.89. The average molecular weight is 433 g/mol. The Labute approximate surface area is 184 Å². The van der Waals surface area contributed by atoms with E-state index < -0.39 is 0 Å². The predicted molar refractivity (Wildman–Crippen MR) is 117 cm³/mol. The summed E-state index contributed by atoms with van der Waals surface area (Å²) in [5, 5.41) is 0. The number of allylic oxidation sites excluding steroid dienone is 1. The highest BCUT2D eigenvalue weighted by Gasteiger charge is 2.35. The molecule has 0 aromatic heterocycles. The summed E-state index contributed by atoms with van der Waals surface area (Å²) in [6, 6.07) is 14.4. The molecule has 0 amide bonds. The highest BCUT2D eigenvalue weighted by molar-refractivity contribution is 6.15. The first kappa shape index (κ1) is 20.4. The molecule has 2 aliphatic rings. The molecule has 0 aliphatic carbocycles. The van der Waals surface area contributed by atoms with Crippen molar-refractivity contribution in [2.45, 2.75) is 19.9 Å². The first-order chi connectivity index (χ1) is 15.5. The van der Waals surface area contributed by atoms with Crippen molar-refractivity contribution in [3.63, 3.8) is 0 Å². The zero-order valence-electron chi connectivity index (χ0n) is 17.5. The number of hydrogen-bond donors (Lipinski definition) is 0. The number of nitrogens with zero attached hydrogens (tertiary/aromatic N) is 1. The van der Waals surface area contributed by atoms with Gasteiger partial charge in [-0.2, -0.15) is 0 Å². The van der Waals surface area contributed by atoms with Crippen LogP contribution in [0.25, 0.3) is 6.08 Å². The van der Waals surface area contributed by atoms with Gasteiger partial charge in [-0.15, -0.1) is 0 Å². The molecule has 0 radical (unpaired) electrons. The van der Waals surface area contributed by atoms with E-state index in [1.807, 2.05) is 13.0 Å². The molecule has 0 fully saturated rings. The monoisotopic (exact) mass is 433 g/mol. The van der Waals surface area contributed by atoms with Crippen LogP contribution in [-0.2, 0) is 13.0 Å². The number of ether oxygens (including phenoxy) is 2. The lowest BCUT2D eigenvalue weighted by Crippen LogP contribution is -2.33. The van der Waals surface area contributed by atoms with Crippen molar-refractivity contribution >= 4 is 11.9 Å². The average Bonchev–Trinajstić information content (AvgIpc) is 3.10. The molecule has 2 heterocycles. The van der Waals surface area contributed by atoms with Crippen LogP contribution in [0.4, 0.5) is 8.78 Å². The molecular formula is C26H21F2NO3. The summed E-state index contributed by atoms with van der Waals surface area (Å²) in [7, 11) is 0. The van der Waals surface area contributed by atoms with E-state index >= 15 is 0 Å². The Kier molecular flexibility index (Phi) is 5.23. The van der Waals surface area contributed by atoms with Gasteiger partial charge in [-0.1, -0.05) is 24.3 Å². The molecule has 5 rings (SSSR count). The molecular weight excluding hydrogens is 412 g/mol. The van der Waals surface area contributed by atoms with Crippen LogP contribution >= 0.6 is 0 Å². The molecule has 0 saturated heterocycles. The maximum atomic E-state index is 13.6. The largest absolute Gasteiger partial charge is 0.478 e. The molecule has 4 nitrogen and oxygen atoms in total. The number of ketones is 1. The van der Waals surface area contributed by atoms with Gasteiger partial charge < -0.3 is 9.47 Å². The highest BCUT2D eigenvalue weighted by Crippen LogP contribution is 2.44. The van der Waals surface area contributed by atoms with Gasteiger partial charge >= 0.3 is 0 Å². The van der Waals surface area contributed by atoms with Crippen molar-refractivity contribution in [1.29, 1.82) is 0 Å². The van der Waals surface area contributed by atoms with Gasteiger partial charge in [0.05, 0.1) is 11.1 Å². The third-order valence-corrected chi connectivity index (χ3v) is 5.76. The van der Waals surface area contributed by atoms with Crippen molar-refractivity contribution in [3.8, 4) is 11.5 Å². The van der Waals surface area contributed by atoms with Gasteiger partial charge in [-0.3, -0.25) is 9.69 Å². The van der Waals surface area contributed by atoms with E-state index in [9.17, 15) is 13.6 Å². The van der Waals surface area contributed by atoms with Crippen molar-refractivity contribution < 1.29 is 23.0 Å². The minimum Gasteiger partial charge on any atom is -0.478 e. The van der Waals surface area contributed by atoms with E-state index in [0.29, 0.717) is 42.4 Å². The fraction of sp³-hybridized carbons (Fsp3) is 0.192. The Hall–Kier alpha value is -3.51. The summed E-state index contributed by atoms with van der Waals surface area (Å²) in [5.41, 5.74) is 3.73. The summed E-state index contributed by atoms with van der Waals surface area (Å²) in [5.74, 6) is 0.552. The van der Waals surface area contributed by atoms with Crippen LogP contribution in [0.5, 0.6) is 11.5 Å². The number of fused-ring (bicyclic) bond motifs is 3. The number of aryl methyl sites for hydroxylation is 1. The van der Waals surface area contributed by atoms with Gasteiger partial charge in [0.25, 0.3) is 0 Å². The Morgan fingerprint density at radius 1 is 1.06 bits per heavy atom. The SMILES string of the molecule is Cc1cc2c(c3c1C(=O)/C(=C\c1cccc(F)c1)O3)CN(CCc1ccc(F)cc1)CO2. The number of benzene rings is 3. The van der Waals surface area contributed by atoms with Gasteiger partial charge in [0.15, 0.2) is 5.76 Å². The molecule has 0 bridgehead atoms. The maximum absolute atomic E-state index is 13.6. The smallest absolute Gasteiger partial charge is 0.232 e. The van der Waals surface area contributed by atoms with Crippen molar-refractivity contribution in [2.24, 2.45) is 0 Å². The van der Waals surface area contributed by atoms with Crippen LogP contribution in [0, 0.1) is 18.6 Å². The summed E-state index contributed by atoms with van der Waals surface area (Å²) in [6.45, 7) is 3.56. The van der Waals surface area contributed by atoms with Gasteiger partial charge in [0, 0.05) is 13.1 Å². The van der Waals surface area contributed by atoms with Crippen LogP contribution in [-0.4, -0.2) is 24.0 Å². The Bertz CT molecular complexity index is 1230. The minimum absolute atomic E-state index is 0.172. The molecule has 3 aromatic carbocycles. The second-order valence-corrected chi connectivity index (χ2v) is 8.07. The number of halogens is 2. The summed E-state index contributed by atoms with van der Waals surface area (Å²) < 4.78 is 38.7. The molecule has 0 saturated carbocycles. The van der Waals surface area contributed by atoms with E-state index in [1.165, 1.54) is 24.3 Å². The lowest BCUT2D eigenvalue weighted by molar-refractivity contribution is 0.0949. The molecule has 32 heavy (non-hydrogen) atoms. The first-order valence-corrected chi connectivity index (χ1v) is 10.4. The quantitative estimate of drug-likeness (QED) is 0.525. The van der Waals surface area contributed by atoms with Crippen LogP contribution in [0.1, 0.15) is 32.6 Å². The summed E-state index contributed by atoms with van der Waals surface area (Å²) in [4.78, 5) is 15.2. The van der Waals surface area contributed by atoms with Gasteiger partial charge in [-0.05, 0) is 66.4 Å². The zero-order valence-corrected chi connectivity index (χ0v) is 17.5. The lowest BCUT2D eigenvalue weighted by Gasteiger charge is -2.30. The van der Waals surface area contributed by atoms with Crippen LogP contribution in [0.3, 0.4) is 0 Å². The molecule has 3 aromatic rings. The summed E-state index contributed by atoms with van der Waals surface area (Å²) in [6.07, 6.45) is 2.31. The number of rotatable bonds is 4. The fourth-order valence-corrected chi connectivity index (χ4v) is 4.11. The predicted octanol–water partition coefficient (Wildman–Crippen LogP) is 5.28. The second-order valence-electron chi connectivity index (χ2n) is 8.07. The van der Waals surface area contributed by atoms with Crippen LogP contribution in [0.2, 0.25) is 0 Å². The van der Waals surface area contributed by atoms with Crippen molar-refractivity contribution in [1.82, 2.24) is 4.90 Å². The number of carbonyl (C=O) groups excluding carboxylic acids is 1. The van der Waals surface area contributed by atoms with Gasteiger partial charge in [-0.25, -0.2) is 8.78 Å². The van der Waals surface area contributed by atoms with Crippen molar-refractivity contribution in [3.05, 3.63) is 99.8 Å². The molecule has 0 atom stereocenters. The van der Waals surface area contributed by atoms with Crippen LogP contribution < -0.4 is 9.47 Å². The fourth-order valence-electron chi connectivity index (χ4n) is 4.11. The molecule has 0 N–H and O–H groups in total. The second kappa shape index (κ2) is 8.20. The number of carbonyl (C=O) groups is 1. The van der Waals surface area contributed by atoms with Crippen molar-refractivity contribution in [2.75, 3.05) is 13.3 Å². The summed E-state index contributed by atoms with van der Waals surface area (Å²) >= 11 is 0. The molecule has 0 unspecified atom stereocenters. The molecule has 162 valence electrons. The van der Waals surface area contributed by atoms with E-state index in [2.05, 4.69) is 4.90 Å². The molecule has 0 spiro atoms. The van der Waals surface area contributed by atoms with Gasteiger partial charge in [0.1, 0.15) is 29.9 Å². The number of hydrogen-bond acceptors (Lipinski definition) is 4. The molecule has 6 heteroatoms. The minimum atomic E-state index is -0.374. The van der Waals surface area contributed by atoms with Crippen LogP contribution in [0.15, 0.2) is 60.4 Å². The Morgan fingerprint density at radius 3 is 2.66 bits per heavy atom. The van der Waals surface area contributed by atoms with Gasteiger partial charge in [0.2, 0.25) is 5.78 Å². The Balaban J connectivity index is 1.39. The Morgan fingerprint density at radius 2 is 1.88 bits per heavy atom. The normalized spacial score (nSPS) is 16.5. The van der Waals surface area contributed by atoms with E-state index in [0.717, 1.165) is 23.1 Å². The van der Waals surface area contributed by atoms with E-state index in [1.54, 1.807) is 30.3 Å². The lowest BCUT2D eigenvalue weighted by atomic mass is 9.98. The molecule has 2 aliphatic heterocycles. The topological polar surface area (TPSA) is 38.8 Å². The standard InChI is InChI=1S/C26H21F2NO3/c1-16-11-22-21(14-29(15-31-22)10-9-17-5-7-19(27)8-6-17)26-24(16)25(30)23(32-26)13-18-3-2-4-20(28)12-18/h2-8,11-13H,9-10,14-15H2,1H3/b23-13+. The highest BCUT2D eigenvalue weighted by atomic mass is 19.1. The number of Topliss-reactive ketones (excluding diaryl/α,β-unsaturated/α-hetero) is 1. The van der Waals surface area contributed by atoms with E-state index in [4.69, 9.17) is 9.47 Å². The zero-order chi connectivity index (χ0) is 22.2. The van der Waals surface area contributed by atoms with E-state index in [-0.39, 0.29) is 23.2 Å².